The molecular formula is C18H22N2O. The molecule has 0 radical (unpaired) electrons. The van der Waals surface area contributed by atoms with Crippen molar-refractivity contribution in [3.63, 3.8) is 0 Å². The third kappa shape index (κ3) is 3.02. The van der Waals surface area contributed by atoms with E-state index in [4.69, 9.17) is 0 Å². The van der Waals surface area contributed by atoms with Crippen molar-refractivity contribution in [2.24, 2.45) is 7.05 Å². The first-order valence-electron chi connectivity index (χ1n) is 7.76. The van der Waals surface area contributed by atoms with Gasteiger partial charge < -0.3 is 9.88 Å². The number of carbonyl (C=O) groups is 1. The minimum Gasteiger partial charge on any atom is -0.350 e. The van der Waals surface area contributed by atoms with E-state index >= 15 is 0 Å². The van der Waals surface area contributed by atoms with E-state index < -0.39 is 0 Å². The lowest BCUT2D eigenvalue weighted by atomic mass is 9.97. The van der Waals surface area contributed by atoms with Crippen molar-refractivity contribution in [3.05, 3.63) is 47.7 Å². The van der Waals surface area contributed by atoms with Gasteiger partial charge >= 0.3 is 0 Å². The third-order valence-electron chi connectivity index (χ3n) is 4.30. The fourth-order valence-corrected chi connectivity index (χ4v) is 3.07. The SMILES string of the molecule is Cn1c(C(=O)NCCC2=CCCCC2)cc2ccccc21. The number of allylic oxidation sites excluding steroid dienone is 1. The van der Waals surface area contributed by atoms with Crippen molar-refractivity contribution in [2.45, 2.75) is 32.1 Å². The predicted molar refractivity (Wildman–Crippen MR) is 86.4 cm³/mol. The van der Waals surface area contributed by atoms with Gasteiger partial charge in [-0.2, -0.15) is 0 Å². The van der Waals surface area contributed by atoms with Crippen molar-refractivity contribution in [3.8, 4) is 0 Å². The number of aryl methyl sites for hydroxylation is 1. The van der Waals surface area contributed by atoms with E-state index in [0.29, 0.717) is 0 Å². The van der Waals surface area contributed by atoms with E-state index in [1.165, 1.54) is 31.3 Å². The maximum absolute atomic E-state index is 12.3. The van der Waals surface area contributed by atoms with Crippen LogP contribution in [0, 0.1) is 0 Å². The molecule has 1 aromatic heterocycles. The molecular weight excluding hydrogens is 260 g/mol. The summed E-state index contributed by atoms with van der Waals surface area (Å²) < 4.78 is 1.96. The molecule has 1 aliphatic rings. The molecule has 0 atom stereocenters. The van der Waals surface area contributed by atoms with Gasteiger partial charge in [-0.15, -0.1) is 0 Å². The maximum Gasteiger partial charge on any atom is 0.267 e. The summed E-state index contributed by atoms with van der Waals surface area (Å²) >= 11 is 0. The molecule has 1 N–H and O–H groups in total. The summed E-state index contributed by atoms with van der Waals surface area (Å²) in [6.07, 6.45) is 8.33. The molecule has 1 aromatic carbocycles. The van der Waals surface area contributed by atoms with Gasteiger partial charge in [-0.3, -0.25) is 4.79 Å². The minimum absolute atomic E-state index is 0.0186. The minimum atomic E-state index is 0.0186. The van der Waals surface area contributed by atoms with Crippen LogP contribution in [-0.2, 0) is 7.05 Å². The van der Waals surface area contributed by atoms with Gasteiger partial charge in [-0.25, -0.2) is 0 Å². The molecule has 0 unspecified atom stereocenters. The molecule has 0 saturated carbocycles. The number of aromatic nitrogens is 1. The number of amides is 1. The Morgan fingerprint density at radius 2 is 2.14 bits per heavy atom. The van der Waals surface area contributed by atoms with Crippen LogP contribution < -0.4 is 5.32 Å². The first kappa shape index (κ1) is 13.9. The quantitative estimate of drug-likeness (QED) is 0.850. The Balaban J connectivity index is 1.64. The number of benzene rings is 1. The molecule has 0 saturated heterocycles. The standard InChI is InChI=1S/C18H22N2O/c1-20-16-10-6-5-9-15(16)13-17(20)18(21)19-12-11-14-7-3-2-4-8-14/h5-7,9-10,13H,2-4,8,11-12H2,1H3,(H,19,21). The van der Waals surface area contributed by atoms with Crippen molar-refractivity contribution >= 4 is 16.8 Å². The third-order valence-corrected chi connectivity index (χ3v) is 4.30. The van der Waals surface area contributed by atoms with Gasteiger partial charge in [0.15, 0.2) is 0 Å². The zero-order valence-electron chi connectivity index (χ0n) is 12.6. The number of hydrogen-bond donors (Lipinski definition) is 1. The van der Waals surface area contributed by atoms with Gasteiger partial charge in [-0.1, -0.05) is 29.8 Å². The summed E-state index contributed by atoms with van der Waals surface area (Å²) in [5, 5.41) is 4.16. The number of hydrogen-bond acceptors (Lipinski definition) is 1. The summed E-state index contributed by atoms with van der Waals surface area (Å²) in [7, 11) is 1.95. The summed E-state index contributed by atoms with van der Waals surface area (Å²) in [5.74, 6) is 0.0186. The molecule has 0 bridgehead atoms. The van der Waals surface area contributed by atoms with Crippen LogP contribution in [0.3, 0.4) is 0 Å². The maximum atomic E-state index is 12.3. The molecule has 110 valence electrons. The summed E-state index contributed by atoms with van der Waals surface area (Å²) in [6, 6.07) is 10.0. The van der Waals surface area contributed by atoms with Crippen LogP contribution in [0.2, 0.25) is 0 Å². The smallest absolute Gasteiger partial charge is 0.267 e. The molecule has 21 heavy (non-hydrogen) atoms. The lowest BCUT2D eigenvalue weighted by Gasteiger charge is -2.13. The van der Waals surface area contributed by atoms with E-state index in [1.807, 2.05) is 41.9 Å². The molecule has 1 heterocycles. The van der Waals surface area contributed by atoms with Crippen molar-refractivity contribution in [1.82, 2.24) is 9.88 Å². The Morgan fingerprint density at radius 1 is 1.29 bits per heavy atom. The van der Waals surface area contributed by atoms with Gasteiger partial charge in [0, 0.05) is 24.5 Å². The highest BCUT2D eigenvalue weighted by molar-refractivity contribution is 5.98. The zero-order valence-corrected chi connectivity index (χ0v) is 12.6. The Labute approximate surface area is 125 Å². The Morgan fingerprint density at radius 3 is 2.90 bits per heavy atom. The van der Waals surface area contributed by atoms with Crippen molar-refractivity contribution < 1.29 is 4.79 Å². The molecule has 2 aromatic rings. The molecule has 0 aliphatic heterocycles. The van der Waals surface area contributed by atoms with Crippen molar-refractivity contribution in [2.75, 3.05) is 6.54 Å². The lowest BCUT2D eigenvalue weighted by molar-refractivity contribution is 0.0946. The average molecular weight is 282 g/mol. The Kier molecular flexibility index (Phi) is 4.09. The van der Waals surface area contributed by atoms with Crippen LogP contribution in [-0.4, -0.2) is 17.0 Å². The van der Waals surface area contributed by atoms with Gasteiger partial charge in [0.25, 0.3) is 5.91 Å². The first-order chi connectivity index (χ1) is 10.3. The molecule has 1 amide bonds. The van der Waals surface area contributed by atoms with Crippen molar-refractivity contribution in [1.29, 1.82) is 0 Å². The monoisotopic (exact) mass is 282 g/mol. The molecule has 3 nitrogen and oxygen atoms in total. The summed E-state index contributed by atoms with van der Waals surface area (Å²) in [5.41, 5.74) is 3.32. The van der Waals surface area contributed by atoms with Gasteiger partial charge in [-0.05, 0) is 44.2 Å². The van der Waals surface area contributed by atoms with Crippen LogP contribution in [0.15, 0.2) is 42.0 Å². The van der Waals surface area contributed by atoms with Crippen LogP contribution in [0.4, 0.5) is 0 Å². The van der Waals surface area contributed by atoms with E-state index in [0.717, 1.165) is 29.6 Å². The molecule has 0 fully saturated rings. The predicted octanol–water partition coefficient (Wildman–Crippen LogP) is 3.80. The normalized spacial score (nSPS) is 15.0. The Bertz CT molecular complexity index is 682. The number of carbonyl (C=O) groups excluding carboxylic acids is 1. The second-order valence-electron chi connectivity index (χ2n) is 5.76. The molecule has 1 aliphatic carbocycles. The average Bonchev–Trinajstić information content (AvgIpc) is 2.86. The van der Waals surface area contributed by atoms with Crippen LogP contribution in [0.25, 0.3) is 10.9 Å². The first-order valence-corrected chi connectivity index (χ1v) is 7.76. The molecule has 3 rings (SSSR count). The number of nitrogens with one attached hydrogen (secondary N) is 1. The number of fused-ring (bicyclic) bond motifs is 1. The highest BCUT2D eigenvalue weighted by Crippen LogP contribution is 2.20. The lowest BCUT2D eigenvalue weighted by Crippen LogP contribution is -2.26. The largest absolute Gasteiger partial charge is 0.350 e. The van der Waals surface area contributed by atoms with Gasteiger partial charge in [0.05, 0.1) is 0 Å². The van der Waals surface area contributed by atoms with Crippen LogP contribution in [0.1, 0.15) is 42.6 Å². The van der Waals surface area contributed by atoms with E-state index in [9.17, 15) is 4.79 Å². The topological polar surface area (TPSA) is 34.0 Å². The number of rotatable bonds is 4. The highest BCUT2D eigenvalue weighted by Gasteiger charge is 2.12. The van der Waals surface area contributed by atoms with Gasteiger partial charge in [0.1, 0.15) is 5.69 Å². The second-order valence-corrected chi connectivity index (χ2v) is 5.76. The van der Waals surface area contributed by atoms with E-state index in [2.05, 4.69) is 11.4 Å². The fourth-order valence-electron chi connectivity index (χ4n) is 3.07. The van der Waals surface area contributed by atoms with Gasteiger partial charge in [0.2, 0.25) is 0 Å². The Hall–Kier alpha value is -2.03. The van der Waals surface area contributed by atoms with Crippen LogP contribution >= 0.6 is 0 Å². The van der Waals surface area contributed by atoms with E-state index in [1.54, 1.807) is 0 Å². The number of nitrogens with zero attached hydrogens (tertiary/aromatic N) is 1. The fraction of sp³-hybridized carbons (Fsp3) is 0.389. The van der Waals surface area contributed by atoms with Crippen LogP contribution in [0.5, 0.6) is 0 Å². The second kappa shape index (κ2) is 6.17. The number of para-hydroxylation sites is 1. The highest BCUT2D eigenvalue weighted by atomic mass is 16.1. The summed E-state index contributed by atoms with van der Waals surface area (Å²) in [6.45, 7) is 0.728. The zero-order chi connectivity index (χ0) is 14.7. The molecule has 3 heteroatoms. The van der Waals surface area contributed by atoms with E-state index in [-0.39, 0.29) is 5.91 Å². The molecule has 0 spiro atoms. The summed E-state index contributed by atoms with van der Waals surface area (Å²) in [4.78, 5) is 12.3.